The van der Waals surface area contributed by atoms with Crippen molar-refractivity contribution >= 4 is 75.1 Å². The Kier molecular flexibility index (Phi) is 30.1. The minimum atomic E-state index is -0.926. The van der Waals surface area contributed by atoms with E-state index in [1.165, 1.54) is 47.2 Å². The van der Waals surface area contributed by atoms with Gasteiger partial charge in [-0.2, -0.15) is 15.3 Å². The van der Waals surface area contributed by atoms with Crippen LogP contribution in [0, 0.1) is 41.5 Å². The zero-order valence-electron chi connectivity index (χ0n) is 78.6. The number of nitrogens with zero attached hydrogens (tertiary/aromatic N) is 13. The summed E-state index contributed by atoms with van der Waals surface area (Å²) in [7, 11) is 0. The molecule has 15 aromatic rings. The largest absolute Gasteiger partial charge is 0.508 e. The SMILES string of the molecule is CC(C)c1cc(-c2n[nH]c(=O)n2-c2ccc(CCN)cc2)c(O)cc1O.CC(C)c1cc(-c2n[nH]c(=O)n2-c2ccc(CCNC(=O)OC(C)(C)C)cc2)c(O)cc1O.Cc1sc2c(c1C)C(c1ccc(Cl)cc1)=C[C@@H](CC(=O)NCCc1ccc(-n3c(-c4cc(C(C)C)c(O)cc4O)n[nH]c3=O)cc1)c1nnc(C)n1-2.Cc1sc2c(c1C)C(c1ccc(Cl)cc1)=N[C@@H](CC(=O)O)c1nnc(C)n1-2. The fourth-order valence-corrected chi connectivity index (χ4v) is 19.0. The van der Waals surface area contributed by atoms with Crippen molar-refractivity contribution in [2.75, 3.05) is 19.6 Å². The van der Waals surface area contributed by atoms with Gasteiger partial charge in [0.1, 0.15) is 73.6 Å². The summed E-state index contributed by atoms with van der Waals surface area (Å²) in [5.74, 6) is 1.65. The average molecular weight is 1950 g/mol. The maximum absolute atomic E-state index is 13.5. The van der Waals surface area contributed by atoms with Crippen molar-refractivity contribution in [1.82, 2.24) is 84.5 Å². The molecular formula is C101H107Cl2N19O14S2. The highest BCUT2D eigenvalue weighted by Gasteiger charge is 2.36. The van der Waals surface area contributed by atoms with Gasteiger partial charge in [-0.3, -0.25) is 23.7 Å². The summed E-state index contributed by atoms with van der Waals surface area (Å²) >= 11 is 15.6. The van der Waals surface area contributed by atoms with Crippen LogP contribution in [0.4, 0.5) is 4.79 Å². The first-order valence-electron chi connectivity index (χ1n) is 44.7. The lowest BCUT2D eigenvalue weighted by Crippen LogP contribution is -2.33. The zero-order valence-corrected chi connectivity index (χ0v) is 81.7. The number of aromatic nitrogens is 15. The molecule has 0 aliphatic carbocycles. The van der Waals surface area contributed by atoms with Gasteiger partial charge in [0.25, 0.3) is 0 Å². The van der Waals surface area contributed by atoms with E-state index in [1.54, 1.807) is 85.9 Å². The number of carbonyl (C=O) groups is 3. The van der Waals surface area contributed by atoms with Gasteiger partial charge in [-0.25, -0.2) is 48.2 Å². The van der Waals surface area contributed by atoms with E-state index in [4.69, 9.17) is 38.7 Å². The van der Waals surface area contributed by atoms with E-state index in [-0.39, 0.29) is 94.4 Å². The highest BCUT2D eigenvalue weighted by atomic mass is 35.5. The lowest BCUT2D eigenvalue weighted by Gasteiger charge is -2.19. The number of fused-ring (bicyclic) bond motifs is 6. The van der Waals surface area contributed by atoms with Crippen molar-refractivity contribution < 1.29 is 54.9 Å². The molecule has 138 heavy (non-hydrogen) atoms. The van der Waals surface area contributed by atoms with E-state index >= 15 is 0 Å². The molecule has 0 saturated carbocycles. The summed E-state index contributed by atoms with van der Waals surface area (Å²) in [5, 5.41) is 117. The average Bonchev–Trinajstić information content (AvgIpc) is 1.57. The van der Waals surface area contributed by atoms with Gasteiger partial charge in [0.05, 0.1) is 45.9 Å². The van der Waals surface area contributed by atoms with Gasteiger partial charge in [0.15, 0.2) is 23.3 Å². The molecule has 17 rings (SSSR count). The molecule has 0 spiro atoms. The number of aliphatic carboxylic acids is 1. The Bertz CT molecular complexity index is 7310. The summed E-state index contributed by atoms with van der Waals surface area (Å²) in [4.78, 5) is 81.6. The number of alkyl carbamates (subject to hydrolysis) is 1. The number of phenols is 6. The number of thiophene rings is 2. The Labute approximate surface area is 811 Å². The predicted octanol–water partition coefficient (Wildman–Crippen LogP) is 17.6. The van der Waals surface area contributed by atoms with Gasteiger partial charge in [0, 0.05) is 80.1 Å². The number of hydrogen-bond acceptors (Lipinski definition) is 24. The van der Waals surface area contributed by atoms with Crippen LogP contribution in [0.5, 0.6) is 34.5 Å². The van der Waals surface area contributed by atoms with Gasteiger partial charge in [0.2, 0.25) is 5.91 Å². The number of hydrogen-bond donors (Lipinski definition) is 13. The monoisotopic (exact) mass is 1940 g/mol. The summed E-state index contributed by atoms with van der Waals surface area (Å²) in [6.45, 7) is 30.5. The van der Waals surface area contributed by atoms with Gasteiger partial charge < -0.3 is 56.8 Å². The second-order valence-corrected chi connectivity index (χ2v) is 38.7. The van der Waals surface area contributed by atoms with E-state index in [0.29, 0.717) is 98.8 Å². The third-order valence-corrected chi connectivity index (χ3v) is 26.4. The van der Waals surface area contributed by atoms with Crippen molar-refractivity contribution in [2.45, 2.75) is 171 Å². The van der Waals surface area contributed by atoms with Crippen LogP contribution in [0.25, 0.3) is 66.8 Å². The Balaban J connectivity index is 0.000000154. The van der Waals surface area contributed by atoms with Crippen molar-refractivity contribution in [2.24, 2.45) is 10.7 Å². The van der Waals surface area contributed by atoms with Crippen molar-refractivity contribution in [3.63, 3.8) is 0 Å². The fraction of sp³-hybridized carbons (Fsp3) is 0.287. The number of halogens is 2. The number of nitrogens with one attached hydrogen (secondary N) is 5. The summed E-state index contributed by atoms with van der Waals surface area (Å²) in [6.07, 6.45) is 3.62. The smallest absolute Gasteiger partial charge is 0.407 e. The molecule has 0 fully saturated rings. The van der Waals surface area contributed by atoms with Gasteiger partial charge in [-0.1, -0.05) is 131 Å². The highest BCUT2D eigenvalue weighted by molar-refractivity contribution is 7.15. The van der Waals surface area contributed by atoms with Crippen LogP contribution >= 0.6 is 45.9 Å². The molecule has 14 N–H and O–H groups in total. The number of carbonyl (C=O) groups excluding carboxylic acids is 2. The molecule has 2 atom stereocenters. The van der Waals surface area contributed by atoms with Crippen LogP contribution in [-0.4, -0.2) is 158 Å². The number of carboxylic acids is 1. The number of aromatic hydroxyl groups is 6. The summed E-state index contributed by atoms with van der Waals surface area (Å²) < 4.78 is 13.4. The fourth-order valence-electron chi connectivity index (χ4n) is 16.3. The number of nitrogens with two attached hydrogens (primary N) is 1. The lowest BCUT2D eigenvalue weighted by molar-refractivity contribution is -0.137. The first-order valence-corrected chi connectivity index (χ1v) is 47.1. The molecule has 7 aromatic heterocycles. The number of allylic oxidation sites excluding steroid dienone is 1. The Morgan fingerprint density at radius 1 is 0.478 bits per heavy atom. The molecule has 8 aromatic carbocycles. The minimum absolute atomic E-state index is 0.0109. The Morgan fingerprint density at radius 3 is 1.25 bits per heavy atom. The molecule has 37 heteroatoms. The number of carboxylic acid groups (broad SMARTS) is 1. The van der Waals surface area contributed by atoms with Crippen LogP contribution in [0.1, 0.15) is 205 Å². The molecule has 9 heterocycles. The number of H-pyrrole nitrogens is 3. The van der Waals surface area contributed by atoms with Crippen molar-refractivity contribution in [3.05, 3.63) is 305 Å². The van der Waals surface area contributed by atoms with Crippen LogP contribution in [0.3, 0.4) is 0 Å². The molecule has 716 valence electrons. The quantitative estimate of drug-likeness (QED) is 0.0283. The van der Waals surface area contributed by atoms with E-state index in [1.807, 2.05) is 157 Å². The number of amides is 2. The number of aromatic amines is 3. The number of aliphatic imine (C=N–C) groups is 1. The number of phenolic OH excluding ortho intramolecular Hbond substituents is 6. The first kappa shape index (κ1) is 99.2. The molecular weight excluding hydrogens is 1840 g/mol. The van der Waals surface area contributed by atoms with E-state index < -0.39 is 40.8 Å². The molecule has 0 unspecified atom stereocenters. The maximum Gasteiger partial charge on any atom is 0.407 e. The molecule has 0 saturated heterocycles. The Morgan fingerprint density at radius 2 is 0.855 bits per heavy atom. The third-order valence-electron chi connectivity index (χ3n) is 23.5. The highest BCUT2D eigenvalue weighted by Crippen LogP contribution is 2.47. The normalized spacial score (nSPS) is 13.2. The number of rotatable bonds is 23. The van der Waals surface area contributed by atoms with Crippen molar-refractivity contribution in [1.29, 1.82) is 0 Å². The van der Waals surface area contributed by atoms with Crippen LogP contribution in [0.2, 0.25) is 10.0 Å². The van der Waals surface area contributed by atoms with Gasteiger partial charge >= 0.3 is 29.1 Å². The minimum Gasteiger partial charge on any atom is -0.508 e. The maximum atomic E-state index is 13.5. The summed E-state index contributed by atoms with van der Waals surface area (Å²) in [6, 6.07) is 45.4. The molecule has 2 amide bonds. The second kappa shape index (κ2) is 41.8. The summed E-state index contributed by atoms with van der Waals surface area (Å²) in [5.41, 5.74) is 19.5. The number of ether oxygens (including phenoxy) is 1. The number of aryl methyl sites for hydroxylation is 4. The third kappa shape index (κ3) is 21.7. The molecule has 2 aliphatic rings. The van der Waals surface area contributed by atoms with E-state index in [9.17, 15) is 64.5 Å². The molecule has 33 nitrogen and oxygen atoms in total. The van der Waals surface area contributed by atoms with E-state index in [0.717, 1.165) is 89.7 Å². The topological polar surface area (TPSA) is 478 Å². The zero-order chi connectivity index (χ0) is 99.3. The second-order valence-electron chi connectivity index (χ2n) is 35.4. The molecule has 0 bridgehead atoms. The standard InChI is InChI=1S/C39H38ClN7O4S.C24H30N4O5.C19H17ClN4O2S.C19H22N4O3/c1-20(2)29-18-31(33(49)19-32(29)48)37-44-45-39(51)47(37)28-12-6-24(7-13-28)14-15-41-34(50)17-26-16-30(25-8-10-27(40)11-9-25)35-21(3)22(4)52-38(35)46-23(5)42-43-36(26)46;1-14(2)17-12-18(20(30)13-19(17)29)21-26-27-22(31)28(21)16-8-6-15(7-9-16)10-11-25-23(32)33-24(3,4)5;1-9-10(2)27-19-16(9)17(12-4-6-13(20)7-5-12)21-14(8-15(25)26)18-23-22-11(3)24(18)19;1-11(2)14-9-15(17(25)10-16(14)24)18-21-22-19(26)23(18)13-5-3-12(4-6-13)7-8-20/h6-13,16,18-20,26,48-49H,14-15,17H2,1-5H3,(H,41,50)(H,45,51);6-9,12-14,29-30H,10-11H2,1-5H3,(H,25,32)(H,27,31);4-7,14H,8H2,1-3H3,(H,25,26);3-6,9-11,24-25H,7-8,20H2,1-2H3,(H,22,26)/t26-;;14-;/m0.0./s1. The van der Waals surface area contributed by atoms with Crippen LogP contribution in [0.15, 0.2) is 183 Å². The molecule has 0 radical (unpaired) electrons. The van der Waals surface area contributed by atoms with E-state index in [2.05, 4.69) is 100.0 Å². The first-order chi connectivity index (χ1) is 65.6. The van der Waals surface area contributed by atoms with Crippen LogP contribution in [-0.2, 0) is 33.6 Å². The van der Waals surface area contributed by atoms with Crippen LogP contribution < -0.4 is 33.4 Å². The van der Waals surface area contributed by atoms with Gasteiger partial charge in [-0.05, 0) is 240 Å². The number of benzene rings is 8. The lowest BCUT2D eigenvalue weighted by atomic mass is 9.92. The molecule has 2 aliphatic heterocycles. The van der Waals surface area contributed by atoms with Crippen molar-refractivity contribution in [3.8, 4) is 95.7 Å². The Hall–Kier alpha value is -14.8. The predicted molar refractivity (Wildman–Crippen MR) is 533 cm³/mol. The van der Waals surface area contributed by atoms with Gasteiger partial charge in [-0.15, -0.1) is 43.1 Å².